The molecule has 0 aliphatic rings. The van der Waals surface area contributed by atoms with Crippen LogP contribution in [0.2, 0.25) is 0 Å². The van der Waals surface area contributed by atoms with Crippen LogP contribution in [0.1, 0.15) is 16.4 Å². The van der Waals surface area contributed by atoms with E-state index in [2.05, 4.69) is 20.1 Å². The highest BCUT2D eigenvalue weighted by Gasteiger charge is 2.11. The number of carbonyl (C=O) groups is 1. The lowest BCUT2D eigenvalue weighted by molar-refractivity contribution is -0.139. The fourth-order valence-corrected chi connectivity index (χ4v) is 2.96. The summed E-state index contributed by atoms with van der Waals surface area (Å²) in [6, 6.07) is 0. The first-order valence-electron chi connectivity index (χ1n) is 5.72. The smallest absolute Gasteiger partial charge is 0.311 e. The Bertz CT molecular complexity index is 565. The molecule has 0 aliphatic heterocycles. The summed E-state index contributed by atoms with van der Waals surface area (Å²) in [5, 5.41) is 5.88. The van der Waals surface area contributed by atoms with E-state index >= 15 is 0 Å². The molecule has 2 heterocycles. The van der Waals surface area contributed by atoms with Crippen molar-refractivity contribution in [2.24, 2.45) is 0 Å². The average Bonchev–Trinajstić information content (AvgIpc) is 2.98. The maximum absolute atomic E-state index is 11.2. The second kappa shape index (κ2) is 6.12. The van der Waals surface area contributed by atoms with Crippen molar-refractivity contribution in [3.05, 3.63) is 27.2 Å². The van der Waals surface area contributed by atoms with Crippen LogP contribution < -0.4 is 4.90 Å². The van der Waals surface area contributed by atoms with Crippen LogP contribution in [0.3, 0.4) is 0 Å². The van der Waals surface area contributed by atoms with Crippen LogP contribution in [0.4, 0.5) is 5.13 Å². The maximum atomic E-state index is 11.2. The zero-order chi connectivity index (χ0) is 13.8. The molecule has 0 saturated carbocycles. The van der Waals surface area contributed by atoms with Gasteiger partial charge in [-0.2, -0.15) is 0 Å². The van der Waals surface area contributed by atoms with Gasteiger partial charge in [0, 0.05) is 17.8 Å². The number of anilines is 1. The summed E-state index contributed by atoms with van der Waals surface area (Å²) in [6.45, 7) is 2.71. The Labute approximate surface area is 119 Å². The minimum atomic E-state index is -0.269. The standard InChI is InChI=1S/C12H15N3O2S2/c1-8-13-10(7-18-8)5-15(2)12-14-9(6-19-12)4-11(16)17-3/h6-7H,4-5H2,1-3H3. The monoisotopic (exact) mass is 297 g/mol. The molecular formula is C12H15N3O2S2. The molecule has 0 fully saturated rings. The molecule has 5 nitrogen and oxygen atoms in total. The van der Waals surface area contributed by atoms with Crippen molar-refractivity contribution in [1.29, 1.82) is 0 Å². The molecule has 0 amide bonds. The molecule has 0 aliphatic carbocycles. The van der Waals surface area contributed by atoms with E-state index in [9.17, 15) is 4.79 Å². The minimum absolute atomic E-state index is 0.219. The van der Waals surface area contributed by atoms with Gasteiger partial charge in [-0.05, 0) is 6.92 Å². The number of hydrogen-bond acceptors (Lipinski definition) is 7. The zero-order valence-electron chi connectivity index (χ0n) is 11.0. The lowest BCUT2D eigenvalue weighted by Crippen LogP contribution is -2.16. The fraction of sp³-hybridized carbons (Fsp3) is 0.417. The Hall–Kier alpha value is -1.47. The molecule has 0 radical (unpaired) electrons. The molecule has 0 saturated heterocycles. The Morgan fingerprint density at radius 2 is 2.05 bits per heavy atom. The van der Waals surface area contributed by atoms with E-state index in [1.165, 1.54) is 18.4 Å². The lowest BCUT2D eigenvalue weighted by atomic mass is 10.3. The molecule has 0 spiro atoms. The highest BCUT2D eigenvalue weighted by molar-refractivity contribution is 7.13. The Kier molecular flexibility index (Phi) is 4.49. The number of aromatic nitrogens is 2. The van der Waals surface area contributed by atoms with Gasteiger partial charge in [-0.3, -0.25) is 4.79 Å². The molecule has 0 bridgehead atoms. The van der Waals surface area contributed by atoms with Crippen LogP contribution in [0.5, 0.6) is 0 Å². The Morgan fingerprint density at radius 3 is 2.68 bits per heavy atom. The van der Waals surface area contributed by atoms with Gasteiger partial charge in [0.2, 0.25) is 0 Å². The van der Waals surface area contributed by atoms with Gasteiger partial charge in [-0.25, -0.2) is 9.97 Å². The third kappa shape index (κ3) is 3.74. The summed E-state index contributed by atoms with van der Waals surface area (Å²) in [5.41, 5.74) is 1.78. The van der Waals surface area contributed by atoms with Crippen LogP contribution in [-0.2, 0) is 22.5 Å². The molecule has 0 atom stereocenters. The second-order valence-corrected chi connectivity index (χ2v) is 5.99. The molecule has 2 aromatic heterocycles. The van der Waals surface area contributed by atoms with Gasteiger partial charge in [0.05, 0.1) is 36.5 Å². The normalized spacial score (nSPS) is 10.5. The van der Waals surface area contributed by atoms with E-state index in [0.29, 0.717) is 0 Å². The number of ether oxygens (including phenoxy) is 1. The number of aryl methyl sites for hydroxylation is 1. The summed E-state index contributed by atoms with van der Waals surface area (Å²) < 4.78 is 4.63. The predicted molar refractivity (Wildman–Crippen MR) is 76.8 cm³/mol. The largest absolute Gasteiger partial charge is 0.469 e. The number of nitrogens with zero attached hydrogens (tertiary/aromatic N) is 3. The second-order valence-electron chi connectivity index (χ2n) is 4.09. The van der Waals surface area contributed by atoms with Gasteiger partial charge in [-0.15, -0.1) is 22.7 Å². The number of hydrogen-bond donors (Lipinski definition) is 0. The van der Waals surface area contributed by atoms with Gasteiger partial charge in [0.15, 0.2) is 5.13 Å². The van der Waals surface area contributed by atoms with Crippen LogP contribution in [-0.4, -0.2) is 30.1 Å². The lowest BCUT2D eigenvalue weighted by Gasteiger charge is -2.13. The maximum Gasteiger partial charge on any atom is 0.311 e. The first kappa shape index (κ1) is 14.0. The molecule has 0 unspecified atom stereocenters. The molecule has 2 rings (SSSR count). The van der Waals surface area contributed by atoms with Crippen molar-refractivity contribution in [3.8, 4) is 0 Å². The number of thiazole rings is 2. The summed E-state index contributed by atoms with van der Waals surface area (Å²) >= 11 is 3.16. The summed E-state index contributed by atoms with van der Waals surface area (Å²) in [7, 11) is 3.35. The number of rotatable bonds is 5. The van der Waals surface area contributed by atoms with Crippen molar-refractivity contribution in [3.63, 3.8) is 0 Å². The summed E-state index contributed by atoms with van der Waals surface area (Å²) in [6.07, 6.45) is 0.219. The number of carbonyl (C=O) groups excluding carboxylic acids is 1. The van der Waals surface area contributed by atoms with Crippen molar-refractivity contribution >= 4 is 33.8 Å². The number of methoxy groups -OCH3 is 1. The van der Waals surface area contributed by atoms with Gasteiger partial charge in [-0.1, -0.05) is 0 Å². The molecule has 2 aromatic rings. The van der Waals surface area contributed by atoms with Gasteiger partial charge in [0.1, 0.15) is 0 Å². The first-order valence-corrected chi connectivity index (χ1v) is 7.47. The average molecular weight is 297 g/mol. The van der Waals surface area contributed by atoms with Crippen molar-refractivity contribution in [2.75, 3.05) is 19.1 Å². The Morgan fingerprint density at radius 1 is 1.32 bits per heavy atom. The van der Waals surface area contributed by atoms with Crippen molar-refractivity contribution in [1.82, 2.24) is 9.97 Å². The quantitative estimate of drug-likeness (QED) is 0.792. The Balaban J connectivity index is 1.99. The SMILES string of the molecule is COC(=O)Cc1csc(N(C)Cc2csc(C)n2)n1. The summed E-state index contributed by atoms with van der Waals surface area (Å²) in [5.74, 6) is -0.269. The van der Waals surface area contributed by atoms with Crippen LogP contribution in [0.25, 0.3) is 0 Å². The predicted octanol–water partition coefficient (Wildman–Crippen LogP) is 2.26. The van der Waals surface area contributed by atoms with E-state index in [-0.39, 0.29) is 12.4 Å². The molecule has 7 heteroatoms. The molecule has 0 N–H and O–H groups in total. The van der Waals surface area contributed by atoms with Crippen molar-refractivity contribution in [2.45, 2.75) is 19.9 Å². The van der Waals surface area contributed by atoms with E-state index in [0.717, 1.165) is 28.1 Å². The van der Waals surface area contributed by atoms with E-state index in [1.54, 1.807) is 11.3 Å². The van der Waals surface area contributed by atoms with E-state index in [4.69, 9.17) is 0 Å². The van der Waals surface area contributed by atoms with Crippen LogP contribution in [0, 0.1) is 6.92 Å². The molecule has 19 heavy (non-hydrogen) atoms. The minimum Gasteiger partial charge on any atom is -0.469 e. The van der Waals surface area contributed by atoms with E-state index in [1.807, 2.05) is 24.3 Å². The molecule has 102 valence electrons. The molecular weight excluding hydrogens is 282 g/mol. The van der Waals surface area contributed by atoms with Crippen LogP contribution in [0.15, 0.2) is 10.8 Å². The molecule has 0 aromatic carbocycles. The van der Waals surface area contributed by atoms with Crippen LogP contribution >= 0.6 is 22.7 Å². The highest BCUT2D eigenvalue weighted by atomic mass is 32.1. The zero-order valence-corrected chi connectivity index (χ0v) is 12.7. The van der Waals surface area contributed by atoms with Gasteiger partial charge < -0.3 is 9.64 Å². The van der Waals surface area contributed by atoms with Crippen molar-refractivity contribution < 1.29 is 9.53 Å². The van der Waals surface area contributed by atoms with Gasteiger partial charge in [0.25, 0.3) is 0 Å². The third-order valence-electron chi connectivity index (χ3n) is 2.49. The van der Waals surface area contributed by atoms with E-state index < -0.39 is 0 Å². The topological polar surface area (TPSA) is 55.3 Å². The first-order chi connectivity index (χ1) is 9.08. The third-order valence-corrected chi connectivity index (χ3v) is 4.31. The number of esters is 1. The fourth-order valence-electron chi connectivity index (χ4n) is 1.56. The van der Waals surface area contributed by atoms with Gasteiger partial charge >= 0.3 is 5.97 Å². The highest BCUT2D eigenvalue weighted by Crippen LogP contribution is 2.22. The summed E-state index contributed by atoms with van der Waals surface area (Å²) in [4.78, 5) is 22.0.